The third-order valence-electron chi connectivity index (χ3n) is 2.28. The molecular formula is C14H12FNO3. The Hall–Kier alpha value is -2.56. The standard InChI is InChI=1S/C14H12FNO3/c1-10(16-17)2-5-12-8-9-14(18-12)19-13-6-3-11(15)4-7-13/h2-9,17H,1H3/b5-2+,16-10-. The molecule has 1 aromatic heterocycles. The van der Waals surface area contributed by atoms with E-state index in [-0.39, 0.29) is 5.82 Å². The van der Waals surface area contributed by atoms with Crippen LogP contribution in [0.4, 0.5) is 4.39 Å². The van der Waals surface area contributed by atoms with Crippen molar-refractivity contribution in [3.05, 3.63) is 54.1 Å². The summed E-state index contributed by atoms with van der Waals surface area (Å²) in [4.78, 5) is 0. The summed E-state index contributed by atoms with van der Waals surface area (Å²) >= 11 is 0. The second kappa shape index (κ2) is 5.86. The minimum atomic E-state index is -0.325. The van der Waals surface area contributed by atoms with Crippen LogP contribution in [0.2, 0.25) is 0 Å². The summed E-state index contributed by atoms with van der Waals surface area (Å²) < 4.78 is 23.5. The van der Waals surface area contributed by atoms with Crippen LogP contribution in [0.5, 0.6) is 11.7 Å². The first-order valence-electron chi connectivity index (χ1n) is 5.57. The Labute approximate surface area is 109 Å². The molecule has 5 heteroatoms. The molecule has 19 heavy (non-hydrogen) atoms. The van der Waals surface area contributed by atoms with Crippen LogP contribution in [-0.4, -0.2) is 10.9 Å². The summed E-state index contributed by atoms with van der Waals surface area (Å²) in [6, 6.07) is 8.99. The van der Waals surface area contributed by atoms with Gasteiger partial charge in [0.25, 0.3) is 5.95 Å². The van der Waals surface area contributed by atoms with Crippen molar-refractivity contribution in [3.8, 4) is 11.7 Å². The van der Waals surface area contributed by atoms with Crippen molar-refractivity contribution in [1.82, 2.24) is 0 Å². The van der Waals surface area contributed by atoms with Crippen molar-refractivity contribution in [2.45, 2.75) is 6.92 Å². The number of benzene rings is 1. The molecule has 0 aliphatic heterocycles. The molecule has 1 heterocycles. The highest BCUT2D eigenvalue weighted by Gasteiger charge is 2.02. The largest absolute Gasteiger partial charge is 0.426 e. The maximum Gasteiger partial charge on any atom is 0.290 e. The number of ether oxygens (including phenoxy) is 1. The van der Waals surface area contributed by atoms with Crippen LogP contribution in [-0.2, 0) is 0 Å². The Bertz CT molecular complexity index is 599. The van der Waals surface area contributed by atoms with E-state index in [1.165, 1.54) is 24.3 Å². The average Bonchev–Trinajstić information content (AvgIpc) is 2.86. The predicted molar refractivity (Wildman–Crippen MR) is 69.1 cm³/mol. The molecular weight excluding hydrogens is 249 g/mol. The highest BCUT2D eigenvalue weighted by atomic mass is 19.1. The van der Waals surface area contributed by atoms with Crippen molar-refractivity contribution < 1.29 is 18.8 Å². The molecule has 2 rings (SSSR count). The fourth-order valence-electron chi connectivity index (χ4n) is 1.33. The van der Waals surface area contributed by atoms with Crippen molar-refractivity contribution in [2.24, 2.45) is 5.16 Å². The van der Waals surface area contributed by atoms with Gasteiger partial charge in [-0.2, -0.15) is 0 Å². The minimum Gasteiger partial charge on any atom is -0.426 e. The fraction of sp³-hybridized carbons (Fsp3) is 0.0714. The number of halogens is 1. The smallest absolute Gasteiger partial charge is 0.290 e. The summed E-state index contributed by atoms with van der Waals surface area (Å²) in [6.45, 7) is 1.65. The number of furan rings is 1. The Morgan fingerprint density at radius 3 is 2.68 bits per heavy atom. The summed E-state index contributed by atoms with van der Waals surface area (Å²) in [5.41, 5.74) is 0.456. The highest BCUT2D eigenvalue weighted by Crippen LogP contribution is 2.24. The van der Waals surface area contributed by atoms with Gasteiger partial charge in [0.15, 0.2) is 0 Å². The minimum absolute atomic E-state index is 0.296. The molecule has 0 atom stereocenters. The van der Waals surface area contributed by atoms with Crippen molar-refractivity contribution in [2.75, 3.05) is 0 Å². The number of allylic oxidation sites excluding steroid dienone is 1. The lowest BCUT2D eigenvalue weighted by atomic mass is 10.3. The molecule has 4 nitrogen and oxygen atoms in total. The predicted octanol–water partition coefficient (Wildman–Crippen LogP) is 4.07. The molecule has 1 aromatic carbocycles. The Kier molecular flexibility index (Phi) is 3.97. The third kappa shape index (κ3) is 3.70. The van der Waals surface area contributed by atoms with Gasteiger partial charge in [0.2, 0.25) is 0 Å². The number of rotatable bonds is 4. The van der Waals surface area contributed by atoms with Crippen molar-refractivity contribution in [3.63, 3.8) is 0 Å². The van der Waals surface area contributed by atoms with E-state index in [0.717, 1.165) is 0 Å². The number of oxime groups is 1. The number of hydrogen-bond donors (Lipinski definition) is 1. The molecule has 0 spiro atoms. The van der Waals surface area contributed by atoms with Crippen molar-refractivity contribution >= 4 is 11.8 Å². The van der Waals surface area contributed by atoms with Gasteiger partial charge in [0.1, 0.15) is 17.3 Å². The first kappa shape index (κ1) is 12.9. The molecule has 0 fully saturated rings. The van der Waals surface area contributed by atoms with Gasteiger partial charge in [-0.3, -0.25) is 0 Å². The summed E-state index contributed by atoms with van der Waals surface area (Å²) in [5.74, 6) is 1.01. The van der Waals surface area contributed by atoms with Crippen LogP contribution < -0.4 is 4.74 Å². The fourth-order valence-corrected chi connectivity index (χ4v) is 1.33. The van der Waals surface area contributed by atoms with E-state index in [4.69, 9.17) is 14.4 Å². The monoisotopic (exact) mass is 261 g/mol. The van der Waals surface area contributed by atoms with Crippen LogP contribution in [0, 0.1) is 5.82 Å². The van der Waals surface area contributed by atoms with Crippen LogP contribution in [0.25, 0.3) is 6.08 Å². The summed E-state index contributed by atoms with van der Waals surface area (Å²) in [5, 5.41) is 11.5. The molecule has 0 unspecified atom stereocenters. The first-order valence-corrected chi connectivity index (χ1v) is 5.57. The molecule has 0 radical (unpaired) electrons. The lowest BCUT2D eigenvalue weighted by molar-refractivity contribution is 0.319. The van der Waals surface area contributed by atoms with Gasteiger partial charge in [0.05, 0.1) is 5.71 Å². The number of hydrogen-bond acceptors (Lipinski definition) is 4. The maximum absolute atomic E-state index is 12.7. The topological polar surface area (TPSA) is 55.0 Å². The van der Waals surface area contributed by atoms with E-state index < -0.39 is 0 Å². The van der Waals surface area contributed by atoms with E-state index in [2.05, 4.69) is 5.16 Å². The SMILES string of the molecule is CC(/C=C/c1ccc(Oc2ccc(F)cc2)o1)=N/O. The summed E-state index contributed by atoms with van der Waals surface area (Å²) in [7, 11) is 0. The van der Waals surface area contributed by atoms with E-state index in [0.29, 0.717) is 23.2 Å². The van der Waals surface area contributed by atoms with Crippen molar-refractivity contribution in [1.29, 1.82) is 0 Å². The zero-order valence-corrected chi connectivity index (χ0v) is 10.2. The van der Waals surface area contributed by atoms with E-state index in [1.807, 2.05) is 0 Å². The average molecular weight is 261 g/mol. The van der Waals surface area contributed by atoms with Gasteiger partial charge < -0.3 is 14.4 Å². The van der Waals surface area contributed by atoms with Gasteiger partial charge in [-0.15, -0.1) is 0 Å². The molecule has 0 saturated heterocycles. The normalized spacial score (nSPS) is 12.0. The molecule has 0 amide bonds. The van der Waals surface area contributed by atoms with Crippen LogP contribution in [0.3, 0.4) is 0 Å². The molecule has 1 N–H and O–H groups in total. The molecule has 0 aliphatic carbocycles. The van der Waals surface area contributed by atoms with Gasteiger partial charge in [-0.1, -0.05) is 5.16 Å². The molecule has 0 bridgehead atoms. The quantitative estimate of drug-likeness (QED) is 0.512. The lowest BCUT2D eigenvalue weighted by Crippen LogP contribution is -1.82. The number of nitrogens with zero attached hydrogens (tertiary/aromatic N) is 1. The zero-order valence-electron chi connectivity index (χ0n) is 10.2. The van der Waals surface area contributed by atoms with Gasteiger partial charge in [-0.05, 0) is 49.4 Å². The van der Waals surface area contributed by atoms with Gasteiger partial charge in [0, 0.05) is 6.07 Å². The third-order valence-corrected chi connectivity index (χ3v) is 2.28. The zero-order chi connectivity index (χ0) is 13.7. The van der Waals surface area contributed by atoms with Gasteiger partial charge >= 0.3 is 0 Å². The Balaban J connectivity index is 2.05. The maximum atomic E-state index is 12.7. The van der Waals surface area contributed by atoms with E-state index in [1.54, 1.807) is 31.2 Å². The van der Waals surface area contributed by atoms with Crippen LogP contribution in [0.1, 0.15) is 12.7 Å². The van der Waals surface area contributed by atoms with Crippen LogP contribution >= 0.6 is 0 Å². The Morgan fingerprint density at radius 1 is 1.26 bits per heavy atom. The Morgan fingerprint density at radius 2 is 2.00 bits per heavy atom. The molecule has 98 valence electrons. The van der Waals surface area contributed by atoms with Gasteiger partial charge in [-0.25, -0.2) is 4.39 Å². The molecule has 0 aliphatic rings. The van der Waals surface area contributed by atoms with Crippen LogP contribution in [0.15, 0.2) is 52.0 Å². The van der Waals surface area contributed by atoms with E-state index in [9.17, 15) is 4.39 Å². The molecule has 0 saturated carbocycles. The lowest BCUT2D eigenvalue weighted by Gasteiger charge is -2.00. The second-order valence-corrected chi connectivity index (χ2v) is 3.79. The first-order chi connectivity index (χ1) is 9.17. The highest BCUT2D eigenvalue weighted by molar-refractivity contribution is 5.95. The van der Waals surface area contributed by atoms with E-state index >= 15 is 0 Å². The molecule has 2 aromatic rings. The summed E-state index contributed by atoms with van der Waals surface area (Å²) in [6.07, 6.45) is 3.24. The second-order valence-electron chi connectivity index (χ2n) is 3.79.